The van der Waals surface area contributed by atoms with Crippen LogP contribution in [0.15, 0.2) is 30.9 Å². The van der Waals surface area contributed by atoms with Crippen LogP contribution in [0.2, 0.25) is 0 Å². The number of hydrogen-bond acceptors (Lipinski definition) is 1. The lowest BCUT2D eigenvalue weighted by atomic mass is 10.1. The number of aryl methyl sites for hydroxylation is 1. The first-order valence-electron chi connectivity index (χ1n) is 5.61. The van der Waals surface area contributed by atoms with Crippen LogP contribution in [0.5, 0.6) is 0 Å². The van der Waals surface area contributed by atoms with Gasteiger partial charge in [0, 0.05) is 15.0 Å². The molecule has 82 valence electrons. The van der Waals surface area contributed by atoms with Crippen molar-refractivity contribution < 1.29 is 0 Å². The van der Waals surface area contributed by atoms with Crippen LogP contribution in [0.3, 0.4) is 0 Å². The van der Waals surface area contributed by atoms with Crippen LogP contribution in [0.4, 0.5) is 0 Å². The molecule has 0 radical (unpaired) electrons. The quantitative estimate of drug-likeness (QED) is 0.682. The molecule has 0 nitrogen and oxygen atoms in total. The Morgan fingerprint density at radius 1 is 1.38 bits per heavy atom. The van der Waals surface area contributed by atoms with E-state index >= 15 is 0 Å². The molecule has 1 aromatic heterocycles. The van der Waals surface area contributed by atoms with Crippen LogP contribution in [-0.4, -0.2) is 0 Å². The summed E-state index contributed by atoms with van der Waals surface area (Å²) in [4.78, 5) is 1.27. The van der Waals surface area contributed by atoms with E-state index in [9.17, 15) is 0 Å². The standard InChI is InChI=1S/C15H16S/c1-4-8-12-13-10-7-9-11(5-2)15(13)16-14(12)6-3/h4,6-10H,3,5H2,1-2H3/b8-4-. The number of allylic oxidation sites excluding steroid dienone is 1. The maximum atomic E-state index is 3.90. The van der Waals surface area contributed by atoms with Crippen molar-refractivity contribution in [3.63, 3.8) is 0 Å². The molecule has 1 heterocycles. The van der Waals surface area contributed by atoms with E-state index in [2.05, 4.69) is 50.8 Å². The second kappa shape index (κ2) is 4.67. The average Bonchev–Trinajstić information content (AvgIpc) is 2.68. The maximum absolute atomic E-state index is 3.90. The van der Waals surface area contributed by atoms with Gasteiger partial charge in [-0.1, -0.05) is 49.9 Å². The molecule has 0 aliphatic rings. The van der Waals surface area contributed by atoms with E-state index in [1.807, 2.05) is 17.4 Å². The third-order valence-corrected chi connectivity index (χ3v) is 4.06. The Morgan fingerprint density at radius 3 is 2.81 bits per heavy atom. The zero-order valence-electron chi connectivity index (χ0n) is 9.79. The second-order valence-corrected chi connectivity index (χ2v) is 4.78. The van der Waals surface area contributed by atoms with Gasteiger partial charge in [-0.3, -0.25) is 0 Å². The molecule has 16 heavy (non-hydrogen) atoms. The summed E-state index contributed by atoms with van der Waals surface area (Å²) in [6, 6.07) is 6.56. The van der Waals surface area contributed by atoms with Crippen LogP contribution in [-0.2, 0) is 6.42 Å². The molecular weight excluding hydrogens is 212 g/mol. The first-order chi connectivity index (χ1) is 7.81. The Labute approximate surface area is 101 Å². The number of rotatable bonds is 3. The molecule has 2 rings (SSSR count). The first kappa shape index (κ1) is 11.2. The summed E-state index contributed by atoms with van der Waals surface area (Å²) in [6.07, 6.45) is 7.31. The SMILES string of the molecule is C=Cc1sc2c(CC)cccc2c1/C=C\C. The summed E-state index contributed by atoms with van der Waals surface area (Å²) in [5.41, 5.74) is 2.74. The van der Waals surface area contributed by atoms with E-state index in [0.29, 0.717) is 0 Å². The van der Waals surface area contributed by atoms with Gasteiger partial charge in [-0.2, -0.15) is 0 Å². The van der Waals surface area contributed by atoms with Crippen molar-refractivity contribution in [1.82, 2.24) is 0 Å². The summed E-state index contributed by atoms with van der Waals surface area (Å²) in [5, 5.41) is 1.36. The van der Waals surface area contributed by atoms with Gasteiger partial charge in [0.1, 0.15) is 0 Å². The van der Waals surface area contributed by atoms with Gasteiger partial charge < -0.3 is 0 Å². The molecular formula is C15H16S. The highest BCUT2D eigenvalue weighted by atomic mass is 32.1. The normalized spacial score (nSPS) is 11.4. The van der Waals surface area contributed by atoms with Crippen molar-refractivity contribution in [3.05, 3.63) is 46.9 Å². The van der Waals surface area contributed by atoms with Crippen LogP contribution >= 0.6 is 11.3 Å². The van der Waals surface area contributed by atoms with E-state index in [1.165, 1.54) is 26.1 Å². The molecule has 0 atom stereocenters. The molecule has 0 saturated heterocycles. The smallest absolute Gasteiger partial charge is 0.0387 e. The van der Waals surface area contributed by atoms with Gasteiger partial charge in [0.15, 0.2) is 0 Å². The van der Waals surface area contributed by atoms with E-state index in [4.69, 9.17) is 0 Å². The summed E-state index contributed by atoms with van der Waals surface area (Å²) in [7, 11) is 0. The third-order valence-electron chi connectivity index (χ3n) is 2.76. The predicted octanol–water partition coefficient (Wildman–Crippen LogP) is 5.14. The fourth-order valence-corrected chi connectivity index (χ4v) is 3.21. The summed E-state index contributed by atoms with van der Waals surface area (Å²) in [6.45, 7) is 8.16. The van der Waals surface area contributed by atoms with Crippen molar-refractivity contribution in [1.29, 1.82) is 0 Å². The Bertz CT molecular complexity index is 544. The topological polar surface area (TPSA) is 0 Å². The van der Waals surface area contributed by atoms with Gasteiger partial charge in [-0.25, -0.2) is 0 Å². The second-order valence-electron chi connectivity index (χ2n) is 3.73. The first-order valence-corrected chi connectivity index (χ1v) is 6.43. The minimum absolute atomic E-state index is 1.09. The molecule has 0 aliphatic heterocycles. The summed E-state index contributed by atoms with van der Waals surface area (Å²) >= 11 is 1.85. The highest BCUT2D eigenvalue weighted by Crippen LogP contribution is 2.35. The number of benzene rings is 1. The molecule has 0 spiro atoms. The fourth-order valence-electron chi connectivity index (χ4n) is 1.98. The monoisotopic (exact) mass is 228 g/mol. The largest absolute Gasteiger partial charge is 0.135 e. The summed E-state index contributed by atoms with van der Waals surface area (Å²) < 4.78 is 1.41. The van der Waals surface area contributed by atoms with Crippen LogP contribution in [0, 0.1) is 0 Å². The van der Waals surface area contributed by atoms with Gasteiger partial charge in [0.25, 0.3) is 0 Å². The lowest BCUT2D eigenvalue weighted by molar-refractivity contribution is 1.16. The van der Waals surface area contributed by atoms with Crippen LogP contribution in [0.1, 0.15) is 29.9 Å². The van der Waals surface area contributed by atoms with E-state index in [1.54, 1.807) is 0 Å². The molecule has 1 heteroatoms. The zero-order valence-corrected chi connectivity index (χ0v) is 10.6. The van der Waals surface area contributed by atoms with Crippen LogP contribution < -0.4 is 0 Å². The molecule has 1 aromatic carbocycles. The van der Waals surface area contributed by atoms with Crippen molar-refractivity contribution in [3.8, 4) is 0 Å². The molecule has 0 unspecified atom stereocenters. The number of fused-ring (bicyclic) bond motifs is 1. The minimum atomic E-state index is 1.09. The maximum Gasteiger partial charge on any atom is 0.0387 e. The molecule has 0 amide bonds. The Kier molecular flexibility index (Phi) is 3.25. The van der Waals surface area contributed by atoms with E-state index in [-0.39, 0.29) is 0 Å². The third kappa shape index (κ3) is 1.72. The number of thiophene rings is 1. The molecule has 0 fully saturated rings. The molecule has 0 bridgehead atoms. The highest BCUT2D eigenvalue weighted by molar-refractivity contribution is 7.20. The summed E-state index contributed by atoms with van der Waals surface area (Å²) in [5.74, 6) is 0. The average molecular weight is 228 g/mol. The Balaban J connectivity index is 2.81. The Morgan fingerprint density at radius 2 is 2.19 bits per heavy atom. The molecule has 0 N–H and O–H groups in total. The van der Waals surface area contributed by atoms with Crippen molar-refractivity contribution >= 4 is 33.6 Å². The minimum Gasteiger partial charge on any atom is -0.135 e. The van der Waals surface area contributed by atoms with Gasteiger partial charge in [-0.05, 0) is 24.5 Å². The van der Waals surface area contributed by atoms with Gasteiger partial charge in [0.2, 0.25) is 0 Å². The lowest BCUT2D eigenvalue weighted by Crippen LogP contribution is -1.79. The van der Waals surface area contributed by atoms with Crippen LogP contribution in [0.25, 0.3) is 22.2 Å². The van der Waals surface area contributed by atoms with Crippen molar-refractivity contribution in [2.45, 2.75) is 20.3 Å². The van der Waals surface area contributed by atoms with E-state index < -0.39 is 0 Å². The van der Waals surface area contributed by atoms with Crippen molar-refractivity contribution in [2.75, 3.05) is 0 Å². The highest BCUT2D eigenvalue weighted by Gasteiger charge is 2.09. The fraction of sp³-hybridized carbons (Fsp3) is 0.200. The zero-order chi connectivity index (χ0) is 11.5. The molecule has 2 aromatic rings. The predicted molar refractivity (Wildman–Crippen MR) is 76.0 cm³/mol. The lowest BCUT2D eigenvalue weighted by Gasteiger charge is -1.98. The van der Waals surface area contributed by atoms with Crippen molar-refractivity contribution in [2.24, 2.45) is 0 Å². The molecule has 0 aliphatic carbocycles. The van der Waals surface area contributed by atoms with Gasteiger partial charge >= 0.3 is 0 Å². The molecule has 0 saturated carbocycles. The number of hydrogen-bond donors (Lipinski definition) is 0. The Hall–Kier alpha value is -1.34. The van der Waals surface area contributed by atoms with Gasteiger partial charge in [0.05, 0.1) is 0 Å². The van der Waals surface area contributed by atoms with E-state index in [0.717, 1.165) is 6.42 Å². The van der Waals surface area contributed by atoms with Gasteiger partial charge in [-0.15, -0.1) is 11.3 Å².